The summed E-state index contributed by atoms with van der Waals surface area (Å²) in [4.78, 5) is 0. The van der Waals surface area contributed by atoms with Crippen molar-refractivity contribution in [3.05, 3.63) is 11.9 Å². The highest BCUT2D eigenvalue weighted by Gasteiger charge is 2.06. The number of hydrogen-bond donors (Lipinski definition) is 1. The highest BCUT2D eigenvalue weighted by Crippen LogP contribution is 2.13. The number of hydrogen-bond acceptors (Lipinski definition) is 2. The van der Waals surface area contributed by atoms with Crippen molar-refractivity contribution < 1.29 is 0 Å². The van der Waals surface area contributed by atoms with Crippen molar-refractivity contribution in [2.75, 3.05) is 5.73 Å². The van der Waals surface area contributed by atoms with Crippen LogP contribution in [-0.4, -0.2) is 9.78 Å². The number of anilines is 1. The number of aromatic nitrogens is 2. The summed E-state index contributed by atoms with van der Waals surface area (Å²) in [5, 5.41) is 4.23. The Labute approximate surface area is 79.9 Å². The Balaban J connectivity index is 2.58. The van der Waals surface area contributed by atoms with E-state index < -0.39 is 0 Å². The molecule has 74 valence electrons. The van der Waals surface area contributed by atoms with E-state index in [2.05, 4.69) is 18.9 Å². The molecule has 0 fully saturated rings. The predicted octanol–water partition coefficient (Wildman–Crippen LogP) is 2.21. The van der Waals surface area contributed by atoms with Crippen LogP contribution in [0.25, 0.3) is 0 Å². The molecule has 0 radical (unpaired) electrons. The topological polar surface area (TPSA) is 43.8 Å². The van der Waals surface area contributed by atoms with Crippen LogP contribution in [0.2, 0.25) is 0 Å². The van der Waals surface area contributed by atoms with Gasteiger partial charge in [0.15, 0.2) is 0 Å². The highest BCUT2D eigenvalue weighted by molar-refractivity contribution is 5.39. The number of rotatable bonds is 4. The molecule has 1 atom stereocenters. The van der Waals surface area contributed by atoms with E-state index in [9.17, 15) is 0 Å². The SMILES string of the molecule is CCCC(C)Cn1ncc(N)c1C. The van der Waals surface area contributed by atoms with Gasteiger partial charge in [0.25, 0.3) is 0 Å². The lowest BCUT2D eigenvalue weighted by atomic mass is 10.1. The van der Waals surface area contributed by atoms with E-state index in [-0.39, 0.29) is 0 Å². The molecule has 1 heterocycles. The summed E-state index contributed by atoms with van der Waals surface area (Å²) in [5.74, 6) is 0.683. The van der Waals surface area contributed by atoms with Crippen LogP contribution in [0.1, 0.15) is 32.4 Å². The van der Waals surface area contributed by atoms with Crippen LogP contribution in [-0.2, 0) is 6.54 Å². The van der Waals surface area contributed by atoms with E-state index in [1.807, 2.05) is 11.6 Å². The maximum absolute atomic E-state index is 5.71. The first kappa shape index (κ1) is 10.1. The molecule has 1 rings (SSSR count). The lowest BCUT2D eigenvalue weighted by Gasteiger charge is -2.11. The summed E-state index contributed by atoms with van der Waals surface area (Å²) in [6.45, 7) is 7.46. The molecule has 0 saturated carbocycles. The molecule has 0 aliphatic rings. The van der Waals surface area contributed by atoms with Crippen molar-refractivity contribution in [3.63, 3.8) is 0 Å². The largest absolute Gasteiger partial charge is 0.396 e. The third kappa shape index (κ3) is 2.47. The second-order valence-electron chi connectivity index (χ2n) is 3.76. The summed E-state index contributed by atoms with van der Waals surface area (Å²) in [7, 11) is 0. The van der Waals surface area contributed by atoms with Crippen LogP contribution >= 0.6 is 0 Å². The van der Waals surface area contributed by atoms with Crippen LogP contribution in [0.15, 0.2) is 6.20 Å². The molecule has 0 aliphatic carbocycles. The lowest BCUT2D eigenvalue weighted by Crippen LogP contribution is -2.10. The van der Waals surface area contributed by atoms with E-state index in [0.717, 1.165) is 17.9 Å². The van der Waals surface area contributed by atoms with E-state index in [1.165, 1.54) is 12.8 Å². The highest BCUT2D eigenvalue weighted by atomic mass is 15.3. The Bertz CT molecular complexity index is 265. The zero-order chi connectivity index (χ0) is 9.84. The van der Waals surface area contributed by atoms with Gasteiger partial charge in [-0.15, -0.1) is 0 Å². The molecule has 0 amide bonds. The normalized spacial score (nSPS) is 13.2. The first-order valence-corrected chi connectivity index (χ1v) is 4.93. The minimum atomic E-state index is 0.683. The van der Waals surface area contributed by atoms with Crippen LogP contribution in [0.3, 0.4) is 0 Å². The van der Waals surface area contributed by atoms with Gasteiger partial charge in [-0.05, 0) is 19.3 Å². The van der Waals surface area contributed by atoms with Gasteiger partial charge in [-0.3, -0.25) is 4.68 Å². The minimum absolute atomic E-state index is 0.683. The molecule has 0 spiro atoms. The molecule has 0 saturated heterocycles. The molecular weight excluding hydrogens is 162 g/mol. The zero-order valence-electron chi connectivity index (χ0n) is 8.75. The first-order chi connectivity index (χ1) is 6.15. The van der Waals surface area contributed by atoms with E-state index in [4.69, 9.17) is 5.73 Å². The van der Waals surface area contributed by atoms with Gasteiger partial charge in [-0.2, -0.15) is 5.10 Å². The molecule has 1 aromatic rings. The number of nitrogen functional groups attached to an aromatic ring is 1. The maximum atomic E-state index is 5.71. The fourth-order valence-electron chi connectivity index (χ4n) is 1.52. The molecule has 1 unspecified atom stereocenters. The molecule has 1 aromatic heterocycles. The summed E-state index contributed by atoms with van der Waals surface area (Å²) in [5.41, 5.74) is 7.59. The van der Waals surface area contributed by atoms with Gasteiger partial charge in [0.2, 0.25) is 0 Å². The number of nitrogens with zero attached hydrogens (tertiary/aromatic N) is 2. The number of nitrogens with two attached hydrogens (primary N) is 1. The van der Waals surface area contributed by atoms with Crippen molar-refractivity contribution >= 4 is 5.69 Å². The average molecular weight is 181 g/mol. The maximum Gasteiger partial charge on any atom is 0.0730 e. The van der Waals surface area contributed by atoms with Crippen molar-refractivity contribution in [3.8, 4) is 0 Å². The van der Waals surface area contributed by atoms with E-state index >= 15 is 0 Å². The molecule has 13 heavy (non-hydrogen) atoms. The van der Waals surface area contributed by atoms with Crippen molar-refractivity contribution in [2.45, 2.75) is 40.2 Å². The van der Waals surface area contributed by atoms with Gasteiger partial charge in [-0.25, -0.2) is 0 Å². The standard InChI is InChI=1S/C10H19N3/c1-4-5-8(2)7-13-9(3)10(11)6-12-13/h6,8H,4-5,7,11H2,1-3H3. The Morgan fingerprint density at radius 2 is 2.31 bits per heavy atom. The Morgan fingerprint density at radius 1 is 1.62 bits per heavy atom. The zero-order valence-corrected chi connectivity index (χ0v) is 8.75. The smallest absolute Gasteiger partial charge is 0.0730 e. The third-order valence-electron chi connectivity index (χ3n) is 2.41. The Morgan fingerprint density at radius 3 is 2.77 bits per heavy atom. The van der Waals surface area contributed by atoms with Gasteiger partial charge in [-0.1, -0.05) is 20.3 Å². The molecule has 0 aromatic carbocycles. The molecule has 3 nitrogen and oxygen atoms in total. The van der Waals surface area contributed by atoms with Crippen LogP contribution < -0.4 is 5.73 Å². The third-order valence-corrected chi connectivity index (χ3v) is 2.41. The van der Waals surface area contributed by atoms with Crippen LogP contribution in [0, 0.1) is 12.8 Å². The van der Waals surface area contributed by atoms with E-state index in [1.54, 1.807) is 6.20 Å². The van der Waals surface area contributed by atoms with Gasteiger partial charge >= 0.3 is 0 Å². The molecule has 3 heteroatoms. The van der Waals surface area contributed by atoms with E-state index in [0.29, 0.717) is 5.92 Å². The fraction of sp³-hybridized carbons (Fsp3) is 0.700. The predicted molar refractivity (Wildman–Crippen MR) is 55.4 cm³/mol. The second-order valence-corrected chi connectivity index (χ2v) is 3.76. The van der Waals surface area contributed by atoms with Gasteiger partial charge in [0, 0.05) is 6.54 Å². The quantitative estimate of drug-likeness (QED) is 0.774. The summed E-state index contributed by atoms with van der Waals surface area (Å²) >= 11 is 0. The van der Waals surface area contributed by atoms with Gasteiger partial charge < -0.3 is 5.73 Å². The molecule has 2 N–H and O–H groups in total. The average Bonchev–Trinajstić information content (AvgIpc) is 2.37. The Kier molecular flexibility index (Phi) is 3.34. The Hall–Kier alpha value is -0.990. The van der Waals surface area contributed by atoms with Crippen molar-refractivity contribution in [1.82, 2.24) is 9.78 Å². The molecule has 0 aliphatic heterocycles. The summed E-state index contributed by atoms with van der Waals surface area (Å²) < 4.78 is 2.00. The summed E-state index contributed by atoms with van der Waals surface area (Å²) in [6.07, 6.45) is 4.21. The minimum Gasteiger partial charge on any atom is -0.396 e. The van der Waals surface area contributed by atoms with Crippen LogP contribution in [0.5, 0.6) is 0 Å². The van der Waals surface area contributed by atoms with Gasteiger partial charge in [0.05, 0.1) is 17.6 Å². The monoisotopic (exact) mass is 181 g/mol. The molecule has 0 bridgehead atoms. The molecular formula is C10H19N3. The fourth-order valence-corrected chi connectivity index (χ4v) is 1.52. The van der Waals surface area contributed by atoms with Gasteiger partial charge in [0.1, 0.15) is 0 Å². The van der Waals surface area contributed by atoms with Crippen molar-refractivity contribution in [2.24, 2.45) is 5.92 Å². The lowest BCUT2D eigenvalue weighted by molar-refractivity contribution is 0.415. The first-order valence-electron chi connectivity index (χ1n) is 4.93. The second kappa shape index (κ2) is 4.30. The van der Waals surface area contributed by atoms with Crippen molar-refractivity contribution in [1.29, 1.82) is 0 Å². The summed E-state index contributed by atoms with van der Waals surface area (Å²) in [6, 6.07) is 0. The van der Waals surface area contributed by atoms with Crippen LogP contribution in [0.4, 0.5) is 5.69 Å².